The highest BCUT2D eigenvalue weighted by Crippen LogP contribution is 2.24. The molecule has 0 radical (unpaired) electrons. The van der Waals surface area contributed by atoms with Crippen LogP contribution < -0.4 is 10.2 Å². The fraction of sp³-hybridized carbons (Fsp3) is 0.429. The van der Waals surface area contributed by atoms with E-state index in [0.717, 1.165) is 0 Å². The molecule has 1 aliphatic rings. The fourth-order valence-electron chi connectivity index (χ4n) is 3.33. The Balaban J connectivity index is 1.65. The van der Waals surface area contributed by atoms with Gasteiger partial charge in [-0.1, -0.05) is 23.4 Å². The normalized spacial score (nSPS) is 16.5. The molecule has 166 valence electrons. The molecule has 1 atom stereocenters. The lowest BCUT2D eigenvalue weighted by molar-refractivity contribution is -0.119. The first-order chi connectivity index (χ1) is 14.7. The summed E-state index contributed by atoms with van der Waals surface area (Å²) < 4.78 is 13.1. The molecule has 2 amide bonds. The Bertz CT molecular complexity index is 944. The molecular formula is C21H25ClFN5O2S. The van der Waals surface area contributed by atoms with Crippen molar-refractivity contribution < 1.29 is 14.0 Å². The average Bonchev–Trinajstić information content (AvgIpc) is 2.71. The smallest absolute Gasteiger partial charge is 0.254 e. The number of amides is 2. The van der Waals surface area contributed by atoms with Crippen LogP contribution in [0.5, 0.6) is 0 Å². The average molecular weight is 466 g/mol. The summed E-state index contributed by atoms with van der Waals surface area (Å²) >= 11 is 7.42. The summed E-state index contributed by atoms with van der Waals surface area (Å²) in [5.74, 6) is 0.277. The second-order valence-corrected chi connectivity index (χ2v) is 8.97. The van der Waals surface area contributed by atoms with E-state index in [1.165, 1.54) is 36.0 Å². The largest absolute Gasteiger partial charge is 0.353 e. The molecule has 1 N–H and O–H groups in total. The van der Waals surface area contributed by atoms with E-state index in [4.69, 9.17) is 11.6 Å². The Morgan fingerprint density at radius 1 is 1.26 bits per heavy atom. The standard InChI is InChI=1S/C21H25ClFN5O2S/c1-13(2)24-19(29)12-31-21-25-17(22)10-18(26-21)27-8-9-28(14(3)11-27)20(30)15-4-6-16(23)7-5-15/h4-7,10,13-14H,8-9,11-12H2,1-3H3,(H,24,29). The molecule has 1 aliphatic heterocycles. The van der Waals surface area contributed by atoms with Crippen LogP contribution in [-0.2, 0) is 4.79 Å². The Kier molecular flexibility index (Phi) is 7.72. The fourth-order valence-corrected chi connectivity index (χ4v) is 4.22. The molecule has 10 heteroatoms. The van der Waals surface area contributed by atoms with Crippen LogP contribution in [0.15, 0.2) is 35.5 Å². The van der Waals surface area contributed by atoms with Gasteiger partial charge in [-0.3, -0.25) is 9.59 Å². The van der Waals surface area contributed by atoms with Crippen LogP contribution in [0.3, 0.4) is 0 Å². The summed E-state index contributed by atoms with van der Waals surface area (Å²) in [5, 5.41) is 3.56. The highest BCUT2D eigenvalue weighted by Gasteiger charge is 2.29. The predicted molar refractivity (Wildman–Crippen MR) is 120 cm³/mol. The molecule has 31 heavy (non-hydrogen) atoms. The van der Waals surface area contributed by atoms with Gasteiger partial charge in [0.2, 0.25) is 5.91 Å². The number of nitrogens with zero attached hydrogens (tertiary/aromatic N) is 4. The Labute approximate surface area is 190 Å². The summed E-state index contributed by atoms with van der Waals surface area (Å²) in [4.78, 5) is 37.3. The third-order valence-corrected chi connectivity index (χ3v) is 5.79. The van der Waals surface area contributed by atoms with E-state index in [0.29, 0.717) is 41.3 Å². The van der Waals surface area contributed by atoms with E-state index in [9.17, 15) is 14.0 Å². The number of piperazine rings is 1. The highest BCUT2D eigenvalue weighted by atomic mass is 35.5. The molecule has 1 aromatic carbocycles. The molecule has 1 saturated heterocycles. The number of nitrogens with one attached hydrogen (secondary N) is 1. The number of anilines is 1. The van der Waals surface area contributed by atoms with Gasteiger partial charge >= 0.3 is 0 Å². The molecule has 1 aromatic heterocycles. The Hall–Kier alpha value is -2.39. The van der Waals surface area contributed by atoms with Crippen LogP contribution in [0.4, 0.5) is 10.2 Å². The zero-order valence-electron chi connectivity index (χ0n) is 17.6. The first kappa shape index (κ1) is 23.3. The lowest BCUT2D eigenvalue weighted by Crippen LogP contribution is -2.54. The van der Waals surface area contributed by atoms with Crippen molar-refractivity contribution in [3.8, 4) is 0 Å². The van der Waals surface area contributed by atoms with Crippen molar-refractivity contribution in [2.75, 3.05) is 30.3 Å². The molecule has 0 aliphatic carbocycles. The van der Waals surface area contributed by atoms with Gasteiger partial charge < -0.3 is 15.1 Å². The zero-order valence-corrected chi connectivity index (χ0v) is 19.2. The van der Waals surface area contributed by atoms with Crippen LogP contribution in [0.2, 0.25) is 5.15 Å². The second-order valence-electron chi connectivity index (χ2n) is 7.64. The first-order valence-electron chi connectivity index (χ1n) is 10.0. The van der Waals surface area contributed by atoms with Crippen LogP contribution in [0, 0.1) is 5.82 Å². The molecule has 0 saturated carbocycles. The number of thioether (sulfide) groups is 1. The van der Waals surface area contributed by atoms with Crippen molar-refractivity contribution >= 4 is 41.0 Å². The van der Waals surface area contributed by atoms with Crippen molar-refractivity contribution in [2.24, 2.45) is 0 Å². The van der Waals surface area contributed by atoms with E-state index < -0.39 is 0 Å². The minimum atomic E-state index is -0.370. The lowest BCUT2D eigenvalue weighted by Gasteiger charge is -2.40. The molecule has 0 bridgehead atoms. The molecular weight excluding hydrogens is 441 g/mol. The number of hydrogen-bond acceptors (Lipinski definition) is 6. The minimum Gasteiger partial charge on any atom is -0.353 e. The minimum absolute atomic E-state index is 0.0688. The molecule has 1 unspecified atom stereocenters. The van der Waals surface area contributed by atoms with Crippen LogP contribution in [-0.4, -0.2) is 64.2 Å². The van der Waals surface area contributed by atoms with E-state index in [1.807, 2.05) is 25.7 Å². The van der Waals surface area contributed by atoms with Gasteiger partial charge in [0.15, 0.2) is 5.16 Å². The number of carbonyl (C=O) groups excluding carboxylic acids is 2. The maximum atomic E-state index is 13.1. The Morgan fingerprint density at radius 2 is 1.97 bits per heavy atom. The molecule has 3 rings (SSSR count). The summed E-state index contributed by atoms with van der Waals surface area (Å²) in [6, 6.07) is 7.26. The van der Waals surface area contributed by atoms with Gasteiger partial charge in [-0.25, -0.2) is 14.4 Å². The van der Waals surface area contributed by atoms with E-state index in [-0.39, 0.29) is 35.5 Å². The van der Waals surface area contributed by atoms with E-state index in [2.05, 4.69) is 15.3 Å². The van der Waals surface area contributed by atoms with Crippen LogP contribution in [0.1, 0.15) is 31.1 Å². The summed E-state index contributed by atoms with van der Waals surface area (Å²) in [5.41, 5.74) is 0.463. The quantitative estimate of drug-likeness (QED) is 0.401. The number of rotatable bonds is 6. The van der Waals surface area contributed by atoms with Gasteiger partial charge in [-0.15, -0.1) is 0 Å². The van der Waals surface area contributed by atoms with Crippen molar-refractivity contribution in [1.82, 2.24) is 20.2 Å². The predicted octanol–water partition coefficient (Wildman–Crippen LogP) is 3.24. The lowest BCUT2D eigenvalue weighted by atomic mass is 10.1. The number of hydrogen-bond donors (Lipinski definition) is 1. The molecule has 1 fully saturated rings. The number of halogens is 2. The summed E-state index contributed by atoms with van der Waals surface area (Å²) in [6.07, 6.45) is 0. The van der Waals surface area contributed by atoms with Gasteiger partial charge in [0, 0.05) is 43.3 Å². The molecule has 2 heterocycles. The summed E-state index contributed by atoms with van der Waals surface area (Å²) in [6.45, 7) is 7.40. The summed E-state index contributed by atoms with van der Waals surface area (Å²) in [7, 11) is 0. The van der Waals surface area contributed by atoms with Crippen molar-refractivity contribution in [2.45, 2.75) is 38.0 Å². The van der Waals surface area contributed by atoms with E-state index >= 15 is 0 Å². The third-order valence-electron chi connectivity index (χ3n) is 4.75. The van der Waals surface area contributed by atoms with Gasteiger partial charge in [-0.2, -0.15) is 0 Å². The Morgan fingerprint density at radius 3 is 2.61 bits per heavy atom. The van der Waals surface area contributed by atoms with Gasteiger partial charge in [0.1, 0.15) is 16.8 Å². The first-order valence-corrected chi connectivity index (χ1v) is 11.4. The zero-order chi connectivity index (χ0) is 22.5. The molecule has 2 aromatic rings. The molecule has 0 spiro atoms. The highest BCUT2D eigenvalue weighted by molar-refractivity contribution is 7.99. The van der Waals surface area contributed by atoms with Gasteiger partial charge in [-0.05, 0) is 45.0 Å². The van der Waals surface area contributed by atoms with Gasteiger partial charge in [0.25, 0.3) is 5.91 Å². The number of benzene rings is 1. The number of carbonyl (C=O) groups is 2. The van der Waals surface area contributed by atoms with Crippen molar-refractivity contribution in [1.29, 1.82) is 0 Å². The maximum absolute atomic E-state index is 13.1. The second kappa shape index (κ2) is 10.3. The van der Waals surface area contributed by atoms with Crippen LogP contribution >= 0.6 is 23.4 Å². The molecule has 7 nitrogen and oxygen atoms in total. The monoisotopic (exact) mass is 465 g/mol. The van der Waals surface area contributed by atoms with Crippen molar-refractivity contribution in [3.05, 3.63) is 46.9 Å². The number of aromatic nitrogens is 2. The third kappa shape index (κ3) is 6.30. The van der Waals surface area contributed by atoms with Crippen LogP contribution in [0.25, 0.3) is 0 Å². The van der Waals surface area contributed by atoms with Gasteiger partial charge in [0.05, 0.1) is 5.75 Å². The maximum Gasteiger partial charge on any atom is 0.254 e. The topological polar surface area (TPSA) is 78.4 Å². The SMILES string of the molecule is CC(C)NC(=O)CSc1nc(Cl)cc(N2CCN(C(=O)c3ccc(F)cc3)C(C)C2)n1. The van der Waals surface area contributed by atoms with Crippen molar-refractivity contribution in [3.63, 3.8) is 0 Å². The van der Waals surface area contributed by atoms with E-state index in [1.54, 1.807) is 11.0 Å².